The number of ether oxygens (including phenoxy) is 2. The van der Waals surface area contributed by atoms with Gasteiger partial charge >= 0.3 is 0 Å². The molecule has 0 aromatic heterocycles. The molecule has 18 heavy (non-hydrogen) atoms. The lowest BCUT2D eigenvalue weighted by Crippen LogP contribution is -2.48. The normalized spacial score (nSPS) is 18.1. The van der Waals surface area contributed by atoms with Crippen LogP contribution in [-0.2, 0) is 4.79 Å². The number of anilines is 1. The van der Waals surface area contributed by atoms with Crippen molar-refractivity contribution >= 4 is 27.5 Å². The van der Waals surface area contributed by atoms with Crippen LogP contribution in [0.2, 0.25) is 0 Å². The number of halogens is 1. The van der Waals surface area contributed by atoms with Crippen LogP contribution >= 0.6 is 15.9 Å². The predicted octanol–water partition coefficient (Wildman–Crippen LogP) is 1.38. The molecule has 2 aliphatic heterocycles. The molecular formula is C12H13BrN2O3. The standard InChI is InChI=1S/C12H13BrN2O3/c13-8-3-10-11(18-2-1-17-10)4-9(8)15-12(16)7-5-14-6-7/h3-4,7,14H,1-2,5-6H2,(H,15,16). The molecule has 6 heteroatoms. The van der Waals surface area contributed by atoms with E-state index >= 15 is 0 Å². The van der Waals surface area contributed by atoms with E-state index in [4.69, 9.17) is 9.47 Å². The molecule has 0 spiro atoms. The monoisotopic (exact) mass is 312 g/mol. The Labute approximate surface area is 113 Å². The first kappa shape index (κ1) is 11.8. The summed E-state index contributed by atoms with van der Waals surface area (Å²) in [6.45, 7) is 2.58. The first-order valence-electron chi connectivity index (χ1n) is 5.85. The van der Waals surface area contributed by atoms with Crippen molar-refractivity contribution in [3.63, 3.8) is 0 Å². The Morgan fingerprint density at radius 3 is 2.56 bits per heavy atom. The minimum atomic E-state index is 0.0335. The molecule has 0 bridgehead atoms. The van der Waals surface area contributed by atoms with Crippen molar-refractivity contribution < 1.29 is 14.3 Å². The van der Waals surface area contributed by atoms with Crippen LogP contribution in [0.25, 0.3) is 0 Å². The van der Waals surface area contributed by atoms with E-state index in [0.29, 0.717) is 24.7 Å². The Hall–Kier alpha value is -1.27. The first-order chi connectivity index (χ1) is 8.74. The maximum Gasteiger partial charge on any atom is 0.230 e. The fourth-order valence-corrected chi connectivity index (χ4v) is 2.29. The number of rotatable bonds is 2. The van der Waals surface area contributed by atoms with Crippen LogP contribution in [0, 0.1) is 5.92 Å². The molecule has 0 saturated carbocycles. The lowest BCUT2D eigenvalue weighted by atomic mass is 10.0. The number of amides is 1. The Bertz CT molecular complexity index is 488. The molecule has 3 rings (SSSR count). The third-order valence-corrected chi connectivity index (χ3v) is 3.70. The van der Waals surface area contributed by atoms with Crippen molar-refractivity contribution in [2.45, 2.75) is 0 Å². The topological polar surface area (TPSA) is 59.6 Å². The summed E-state index contributed by atoms with van der Waals surface area (Å²) in [6.07, 6.45) is 0. The van der Waals surface area contributed by atoms with Gasteiger partial charge < -0.3 is 20.1 Å². The van der Waals surface area contributed by atoms with Crippen LogP contribution < -0.4 is 20.1 Å². The van der Waals surface area contributed by atoms with E-state index in [1.807, 2.05) is 6.07 Å². The predicted molar refractivity (Wildman–Crippen MR) is 70.1 cm³/mol. The van der Waals surface area contributed by atoms with Crippen LogP contribution in [0.5, 0.6) is 11.5 Å². The zero-order valence-electron chi connectivity index (χ0n) is 9.66. The highest BCUT2D eigenvalue weighted by Crippen LogP contribution is 2.38. The van der Waals surface area contributed by atoms with Crippen LogP contribution in [0.1, 0.15) is 0 Å². The second kappa shape index (κ2) is 4.78. The summed E-state index contributed by atoms with van der Waals surface area (Å²) in [4.78, 5) is 11.9. The highest BCUT2D eigenvalue weighted by atomic mass is 79.9. The molecule has 0 atom stereocenters. The Kier molecular flexibility index (Phi) is 3.13. The van der Waals surface area contributed by atoms with Gasteiger partial charge in [-0.05, 0) is 15.9 Å². The van der Waals surface area contributed by atoms with Gasteiger partial charge in [-0.1, -0.05) is 0 Å². The van der Waals surface area contributed by atoms with Crippen molar-refractivity contribution in [2.24, 2.45) is 5.92 Å². The van der Waals surface area contributed by atoms with Crippen LogP contribution in [0.4, 0.5) is 5.69 Å². The highest BCUT2D eigenvalue weighted by molar-refractivity contribution is 9.10. The van der Waals surface area contributed by atoms with Gasteiger partial charge in [-0.3, -0.25) is 4.79 Å². The number of hydrogen-bond acceptors (Lipinski definition) is 4. The van der Waals surface area contributed by atoms with Gasteiger partial charge in [-0.2, -0.15) is 0 Å². The molecule has 1 saturated heterocycles. The average molecular weight is 313 g/mol. The lowest BCUT2D eigenvalue weighted by Gasteiger charge is -2.26. The minimum absolute atomic E-state index is 0.0335. The Morgan fingerprint density at radius 1 is 1.28 bits per heavy atom. The maximum absolute atomic E-state index is 11.9. The van der Waals surface area contributed by atoms with E-state index in [1.54, 1.807) is 6.07 Å². The van der Waals surface area contributed by atoms with Crippen molar-refractivity contribution in [2.75, 3.05) is 31.6 Å². The number of hydrogen-bond donors (Lipinski definition) is 2. The number of benzene rings is 1. The quantitative estimate of drug-likeness (QED) is 0.866. The molecule has 1 amide bonds. The van der Waals surface area contributed by atoms with Crippen LogP contribution in [-0.4, -0.2) is 32.2 Å². The number of carbonyl (C=O) groups is 1. The molecule has 0 radical (unpaired) electrons. The van der Waals surface area contributed by atoms with E-state index in [2.05, 4.69) is 26.6 Å². The lowest BCUT2D eigenvalue weighted by molar-refractivity contribution is -0.121. The third kappa shape index (κ3) is 2.18. The highest BCUT2D eigenvalue weighted by Gasteiger charge is 2.26. The van der Waals surface area contributed by atoms with Gasteiger partial charge in [0.25, 0.3) is 0 Å². The summed E-state index contributed by atoms with van der Waals surface area (Å²) < 4.78 is 11.8. The smallest absolute Gasteiger partial charge is 0.230 e. The molecule has 0 aliphatic carbocycles. The molecule has 0 unspecified atom stereocenters. The van der Waals surface area contributed by atoms with Gasteiger partial charge in [0.05, 0.1) is 11.6 Å². The first-order valence-corrected chi connectivity index (χ1v) is 6.64. The van der Waals surface area contributed by atoms with Crippen LogP contribution in [0.3, 0.4) is 0 Å². The number of fused-ring (bicyclic) bond motifs is 1. The Balaban J connectivity index is 1.80. The molecule has 1 fully saturated rings. The molecule has 1 aromatic rings. The van der Waals surface area contributed by atoms with Gasteiger partial charge in [-0.25, -0.2) is 0 Å². The minimum Gasteiger partial charge on any atom is -0.486 e. The molecule has 2 heterocycles. The molecule has 1 aromatic carbocycles. The summed E-state index contributed by atoms with van der Waals surface area (Å²) >= 11 is 3.43. The second-order valence-electron chi connectivity index (χ2n) is 4.32. The van der Waals surface area contributed by atoms with Gasteiger partial charge in [0.2, 0.25) is 5.91 Å². The fourth-order valence-electron chi connectivity index (χ4n) is 1.87. The summed E-state index contributed by atoms with van der Waals surface area (Å²) in [6, 6.07) is 3.62. The number of carbonyl (C=O) groups excluding carboxylic acids is 1. The van der Waals surface area contributed by atoms with Crippen molar-refractivity contribution in [3.05, 3.63) is 16.6 Å². The van der Waals surface area contributed by atoms with E-state index in [9.17, 15) is 4.79 Å². The molecule has 5 nitrogen and oxygen atoms in total. The molecule has 2 N–H and O–H groups in total. The van der Waals surface area contributed by atoms with Crippen LogP contribution in [0.15, 0.2) is 16.6 Å². The molecule has 2 aliphatic rings. The van der Waals surface area contributed by atoms with Gasteiger partial charge in [0.15, 0.2) is 11.5 Å². The van der Waals surface area contributed by atoms with E-state index in [1.165, 1.54) is 0 Å². The van der Waals surface area contributed by atoms with Crippen molar-refractivity contribution in [1.82, 2.24) is 5.32 Å². The second-order valence-corrected chi connectivity index (χ2v) is 5.17. The van der Waals surface area contributed by atoms with E-state index < -0.39 is 0 Å². The van der Waals surface area contributed by atoms with Crippen molar-refractivity contribution in [3.8, 4) is 11.5 Å². The van der Waals surface area contributed by atoms with Crippen molar-refractivity contribution in [1.29, 1.82) is 0 Å². The van der Waals surface area contributed by atoms with E-state index in [0.717, 1.165) is 23.2 Å². The van der Waals surface area contributed by atoms with Gasteiger partial charge in [-0.15, -0.1) is 0 Å². The third-order valence-electron chi connectivity index (χ3n) is 3.04. The van der Waals surface area contributed by atoms with Gasteiger partial charge in [0.1, 0.15) is 13.2 Å². The average Bonchev–Trinajstić information content (AvgIpc) is 2.27. The maximum atomic E-state index is 11.9. The summed E-state index contributed by atoms with van der Waals surface area (Å²) in [5.41, 5.74) is 0.719. The largest absolute Gasteiger partial charge is 0.486 e. The molecule has 96 valence electrons. The summed E-state index contributed by atoms with van der Waals surface area (Å²) in [7, 11) is 0. The number of nitrogens with one attached hydrogen (secondary N) is 2. The van der Waals surface area contributed by atoms with Gasteiger partial charge in [0, 0.05) is 29.7 Å². The Morgan fingerprint density at radius 2 is 1.94 bits per heavy atom. The fraction of sp³-hybridized carbons (Fsp3) is 0.417. The zero-order valence-corrected chi connectivity index (χ0v) is 11.2. The summed E-state index contributed by atoms with van der Waals surface area (Å²) in [5, 5.41) is 5.98. The zero-order chi connectivity index (χ0) is 12.5. The van der Waals surface area contributed by atoms with E-state index in [-0.39, 0.29) is 11.8 Å². The molecular weight excluding hydrogens is 300 g/mol. The SMILES string of the molecule is O=C(Nc1cc2c(cc1Br)OCCO2)C1CNC1. The summed E-state index contributed by atoms with van der Waals surface area (Å²) in [5.74, 6) is 1.47.